The van der Waals surface area contributed by atoms with Crippen LogP contribution in [0.15, 0.2) is 0 Å². The van der Waals surface area contributed by atoms with Gasteiger partial charge in [-0.3, -0.25) is 9.59 Å². The van der Waals surface area contributed by atoms with Gasteiger partial charge >= 0.3 is 0 Å². The van der Waals surface area contributed by atoms with Gasteiger partial charge in [0, 0.05) is 19.6 Å². The Kier molecular flexibility index (Phi) is 8.34. The molecule has 2 amide bonds. The molecule has 0 saturated carbocycles. The average Bonchev–Trinajstić information content (AvgIpc) is 3.14. The monoisotopic (exact) mass is 387 g/mol. The highest BCUT2D eigenvalue weighted by Crippen LogP contribution is 2.17. The lowest BCUT2D eigenvalue weighted by atomic mass is 9.98. The fraction of sp³-hybridized carbons (Fsp3) is 0.889. The van der Waals surface area contributed by atoms with Gasteiger partial charge in [-0.05, 0) is 44.6 Å². The van der Waals surface area contributed by atoms with Gasteiger partial charge in [-0.25, -0.2) is 8.42 Å². The predicted molar refractivity (Wildman–Crippen MR) is 102 cm³/mol. The molecule has 2 N–H and O–H groups in total. The first-order valence-electron chi connectivity index (χ1n) is 9.90. The molecule has 2 atom stereocenters. The molecule has 2 heterocycles. The van der Waals surface area contributed by atoms with Crippen molar-refractivity contribution in [2.75, 3.05) is 37.7 Å². The lowest BCUT2D eigenvalue weighted by Crippen LogP contribution is -2.47. The molecule has 0 aromatic rings. The Morgan fingerprint density at radius 1 is 1.19 bits per heavy atom. The summed E-state index contributed by atoms with van der Waals surface area (Å²) in [6.07, 6.45) is 6.15. The first kappa shape index (κ1) is 21.2. The Morgan fingerprint density at radius 2 is 2.00 bits per heavy atom. The first-order chi connectivity index (χ1) is 12.4. The molecule has 2 fully saturated rings. The molecule has 2 rings (SSSR count). The Labute approximate surface area is 157 Å². The van der Waals surface area contributed by atoms with E-state index in [2.05, 4.69) is 10.6 Å². The minimum atomic E-state index is -3.33. The number of piperidine rings is 1. The van der Waals surface area contributed by atoms with E-state index in [9.17, 15) is 18.0 Å². The maximum atomic E-state index is 12.4. The number of carbonyl (C=O) groups excluding carboxylic acids is 2. The van der Waals surface area contributed by atoms with E-state index in [1.165, 1.54) is 0 Å². The van der Waals surface area contributed by atoms with Crippen molar-refractivity contribution < 1.29 is 18.0 Å². The van der Waals surface area contributed by atoms with Gasteiger partial charge in [0.25, 0.3) is 0 Å². The van der Waals surface area contributed by atoms with E-state index >= 15 is 0 Å². The van der Waals surface area contributed by atoms with E-state index in [1.54, 1.807) is 4.90 Å². The Balaban J connectivity index is 1.75. The van der Waals surface area contributed by atoms with Gasteiger partial charge in [0.05, 0.1) is 11.8 Å². The van der Waals surface area contributed by atoms with Crippen molar-refractivity contribution in [2.45, 2.75) is 57.9 Å². The number of likely N-dealkylation sites (tertiary alicyclic amines) is 1. The molecule has 0 spiro atoms. The minimum absolute atomic E-state index is 0.0319. The van der Waals surface area contributed by atoms with Gasteiger partial charge in [0.1, 0.15) is 5.75 Å². The standard InChI is InChI=1S/C18H33N3O4S/c1-2-3-4-11-26(24,25)14-17(22)21-10-6-7-15(13-21)12-20-18(23)16-8-5-9-19-16/h15-16,19H,2-14H2,1H3,(H,20,23). The number of hydrogen-bond donors (Lipinski definition) is 2. The summed E-state index contributed by atoms with van der Waals surface area (Å²) in [5, 5.41) is 6.15. The first-order valence-corrected chi connectivity index (χ1v) is 11.7. The Hall–Kier alpha value is -1.15. The summed E-state index contributed by atoms with van der Waals surface area (Å²) in [6.45, 7) is 4.59. The lowest BCUT2D eigenvalue weighted by Gasteiger charge is -2.33. The number of amides is 2. The average molecular weight is 388 g/mol. The second-order valence-corrected chi connectivity index (χ2v) is 9.73. The third-order valence-electron chi connectivity index (χ3n) is 5.22. The zero-order chi connectivity index (χ0) is 19.0. The fourth-order valence-corrected chi connectivity index (χ4v) is 5.01. The molecular weight excluding hydrogens is 354 g/mol. The lowest BCUT2D eigenvalue weighted by molar-refractivity contribution is -0.130. The van der Waals surface area contributed by atoms with Crippen LogP contribution in [0.25, 0.3) is 0 Å². The maximum absolute atomic E-state index is 12.4. The third kappa shape index (κ3) is 6.87. The summed E-state index contributed by atoms with van der Waals surface area (Å²) in [4.78, 5) is 26.1. The summed E-state index contributed by atoms with van der Waals surface area (Å²) in [5.74, 6) is -0.365. The highest BCUT2D eigenvalue weighted by molar-refractivity contribution is 7.92. The largest absolute Gasteiger partial charge is 0.354 e. The summed E-state index contributed by atoms with van der Waals surface area (Å²) >= 11 is 0. The summed E-state index contributed by atoms with van der Waals surface area (Å²) in [6, 6.07) is -0.0930. The molecule has 8 heteroatoms. The van der Waals surface area contributed by atoms with E-state index < -0.39 is 9.84 Å². The van der Waals surface area contributed by atoms with Crippen molar-refractivity contribution in [3.63, 3.8) is 0 Å². The van der Waals surface area contributed by atoms with Crippen LogP contribution in [0.4, 0.5) is 0 Å². The van der Waals surface area contributed by atoms with E-state index in [4.69, 9.17) is 0 Å². The van der Waals surface area contributed by atoms with Crippen LogP contribution >= 0.6 is 0 Å². The van der Waals surface area contributed by atoms with Crippen LogP contribution in [0.1, 0.15) is 51.9 Å². The fourth-order valence-electron chi connectivity index (χ4n) is 3.66. The van der Waals surface area contributed by atoms with Crippen molar-refractivity contribution in [3.8, 4) is 0 Å². The van der Waals surface area contributed by atoms with Crippen molar-refractivity contribution >= 4 is 21.7 Å². The van der Waals surface area contributed by atoms with E-state index in [1.807, 2.05) is 6.92 Å². The third-order valence-corrected chi connectivity index (χ3v) is 6.81. The predicted octanol–water partition coefficient (Wildman–Crippen LogP) is 0.698. The molecule has 0 bridgehead atoms. The summed E-state index contributed by atoms with van der Waals surface area (Å²) in [7, 11) is -3.33. The number of nitrogens with one attached hydrogen (secondary N) is 2. The normalized spacial score (nSPS) is 23.8. The van der Waals surface area contributed by atoms with Gasteiger partial charge in [-0.1, -0.05) is 19.8 Å². The Morgan fingerprint density at radius 3 is 2.69 bits per heavy atom. The van der Waals surface area contributed by atoms with E-state index in [0.29, 0.717) is 26.1 Å². The quantitative estimate of drug-likeness (QED) is 0.568. The van der Waals surface area contributed by atoms with Gasteiger partial charge in [0.15, 0.2) is 9.84 Å². The van der Waals surface area contributed by atoms with Crippen molar-refractivity contribution in [2.24, 2.45) is 5.92 Å². The Bertz CT molecular complexity index is 573. The molecule has 7 nitrogen and oxygen atoms in total. The van der Waals surface area contributed by atoms with Crippen molar-refractivity contribution in [1.29, 1.82) is 0 Å². The molecule has 0 aromatic heterocycles. The zero-order valence-corrected chi connectivity index (χ0v) is 16.7. The van der Waals surface area contributed by atoms with Gasteiger partial charge in [-0.2, -0.15) is 0 Å². The van der Waals surface area contributed by atoms with E-state index in [-0.39, 0.29) is 35.3 Å². The SMILES string of the molecule is CCCCCS(=O)(=O)CC(=O)N1CCCC(CNC(=O)C2CCCN2)C1. The topological polar surface area (TPSA) is 95.6 Å². The molecule has 2 aliphatic rings. The van der Waals surface area contributed by atoms with Crippen LogP contribution in [-0.2, 0) is 19.4 Å². The summed E-state index contributed by atoms with van der Waals surface area (Å²) < 4.78 is 24.2. The second kappa shape index (κ2) is 10.3. The molecule has 0 aromatic carbocycles. The summed E-state index contributed by atoms with van der Waals surface area (Å²) in [5.41, 5.74) is 0. The van der Waals surface area contributed by atoms with E-state index in [0.717, 1.165) is 45.1 Å². The number of unbranched alkanes of at least 4 members (excludes halogenated alkanes) is 2. The molecule has 2 unspecified atom stereocenters. The number of rotatable bonds is 9. The van der Waals surface area contributed by atoms with Gasteiger partial charge in [0.2, 0.25) is 11.8 Å². The molecule has 150 valence electrons. The van der Waals surface area contributed by atoms with Crippen LogP contribution in [0.2, 0.25) is 0 Å². The zero-order valence-electron chi connectivity index (χ0n) is 15.8. The number of hydrogen-bond acceptors (Lipinski definition) is 5. The maximum Gasteiger partial charge on any atom is 0.237 e. The van der Waals surface area contributed by atoms with Crippen molar-refractivity contribution in [3.05, 3.63) is 0 Å². The van der Waals surface area contributed by atoms with Crippen molar-refractivity contribution in [1.82, 2.24) is 15.5 Å². The second-order valence-electron chi connectivity index (χ2n) is 7.54. The number of carbonyl (C=O) groups is 2. The highest BCUT2D eigenvalue weighted by Gasteiger charge is 2.28. The molecule has 0 aliphatic carbocycles. The molecule has 26 heavy (non-hydrogen) atoms. The van der Waals surface area contributed by atoms with Crippen LogP contribution in [0, 0.1) is 5.92 Å². The molecule has 2 saturated heterocycles. The van der Waals surface area contributed by atoms with Crippen LogP contribution < -0.4 is 10.6 Å². The molecular formula is C18H33N3O4S. The number of nitrogens with zero attached hydrogens (tertiary/aromatic N) is 1. The highest BCUT2D eigenvalue weighted by atomic mass is 32.2. The molecule has 2 aliphatic heterocycles. The molecule has 0 radical (unpaired) electrons. The minimum Gasteiger partial charge on any atom is -0.354 e. The smallest absolute Gasteiger partial charge is 0.237 e. The van der Waals surface area contributed by atoms with Crippen LogP contribution in [0.5, 0.6) is 0 Å². The number of sulfone groups is 1. The van der Waals surface area contributed by atoms with Gasteiger partial charge in [-0.15, -0.1) is 0 Å². The van der Waals surface area contributed by atoms with Gasteiger partial charge < -0.3 is 15.5 Å². The van der Waals surface area contributed by atoms with Crippen LogP contribution in [-0.4, -0.2) is 68.9 Å². The van der Waals surface area contributed by atoms with Crippen LogP contribution in [0.3, 0.4) is 0 Å².